The fourth-order valence-corrected chi connectivity index (χ4v) is 5.81. The number of nitrogens with zero attached hydrogens (tertiary/aromatic N) is 1. The van der Waals surface area contributed by atoms with Gasteiger partial charge in [-0.1, -0.05) is 121 Å². The molecule has 5 aromatic carbocycles. The largest absolute Gasteiger partial charge is 0.494 e. The van der Waals surface area contributed by atoms with Crippen LogP contribution in [0.2, 0.25) is 0 Å². The first-order chi connectivity index (χ1) is 21.8. The third-order valence-electron chi connectivity index (χ3n) is 9.10. The zero-order valence-electron chi connectivity index (χ0n) is 26.2. The maximum Gasteiger partial charge on any atom is 0.494 e. The van der Waals surface area contributed by atoms with Crippen molar-refractivity contribution in [3.8, 4) is 55.9 Å². The Kier molecular flexibility index (Phi) is 7.49. The average molecular weight is 586 g/mol. The summed E-state index contributed by atoms with van der Waals surface area (Å²) < 4.78 is 12.7. The summed E-state index contributed by atoms with van der Waals surface area (Å²) >= 11 is 0. The molecule has 1 aliphatic heterocycles. The predicted molar refractivity (Wildman–Crippen MR) is 187 cm³/mol. The smallest absolute Gasteiger partial charge is 0.399 e. The lowest BCUT2D eigenvalue weighted by Crippen LogP contribution is -2.41. The van der Waals surface area contributed by atoms with E-state index in [2.05, 4.69) is 161 Å². The number of pyridine rings is 1. The molecule has 0 aliphatic carbocycles. The summed E-state index contributed by atoms with van der Waals surface area (Å²) in [6.07, 6.45) is 0. The first kappa shape index (κ1) is 29.0. The SMILES string of the molecule is CC1(C)OB(c2cccc(-c3cccc(-c4cccc(-c5cc(-c6ccccc6)nc(-c6ccccc6)c5)c4)c3)c2)OC1(C)C. The van der Waals surface area contributed by atoms with Crippen LogP contribution in [-0.2, 0) is 9.31 Å². The Morgan fingerprint density at radius 3 is 1.24 bits per heavy atom. The first-order valence-corrected chi connectivity index (χ1v) is 15.6. The summed E-state index contributed by atoms with van der Waals surface area (Å²) in [4.78, 5) is 5.06. The molecule has 1 fully saturated rings. The van der Waals surface area contributed by atoms with Gasteiger partial charge in [-0.3, -0.25) is 0 Å². The molecule has 6 aromatic rings. The maximum absolute atomic E-state index is 6.34. The first-order valence-electron chi connectivity index (χ1n) is 15.6. The molecule has 0 N–H and O–H groups in total. The zero-order chi connectivity index (χ0) is 31.0. The van der Waals surface area contributed by atoms with Crippen molar-refractivity contribution in [3.05, 3.63) is 146 Å². The van der Waals surface area contributed by atoms with Gasteiger partial charge in [0, 0.05) is 11.1 Å². The topological polar surface area (TPSA) is 31.4 Å². The Labute approximate surface area is 266 Å². The van der Waals surface area contributed by atoms with E-state index in [9.17, 15) is 0 Å². The van der Waals surface area contributed by atoms with Crippen LogP contribution in [0.3, 0.4) is 0 Å². The molecule has 0 saturated carbocycles. The highest BCUT2D eigenvalue weighted by Crippen LogP contribution is 2.37. The lowest BCUT2D eigenvalue weighted by atomic mass is 9.78. The van der Waals surface area contributed by atoms with E-state index >= 15 is 0 Å². The van der Waals surface area contributed by atoms with Crippen molar-refractivity contribution in [2.75, 3.05) is 0 Å². The maximum atomic E-state index is 6.34. The fraction of sp³-hybridized carbons (Fsp3) is 0.146. The normalized spacial score (nSPS) is 15.2. The Morgan fingerprint density at radius 1 is 0.400 bits per heavy atom. The highest BCUT2D eigenvalue weighted by atomic mass is 16.7. The zero-order valence-corrected chi connectivity index (χ0v) is 26.2. The minimum atomic E-state index is -0.392. The molecular weight excluding hydrogens is 549 g/mol. The van der Waals surface area contributed by atoms with E-state index in [1.807, 2.05) is 12.1 Å². The van der Waals surface area contributed by atoms with Crippen molar-refractivity contribution >= 4 is 12.6 Å². The fourth-order valence-electron chi connectivity index (χ4n) is 5.81. The van der Waals surface area contributed by atoms with Crippen LogP contribution in [0.15, 0.2) is 146 Å². The van der Waals surface area contributed by atoms with E-state index < -0.39 is 7.12 Å². The molecule has 0 atom stereocenters. The number of rotatable bonds is 6. The van der Waals surface area contributed by atoms with Crippen molar-refractivity contribution in [1.82, 2.24) is 4.98 Å². The Morgan fingerprint density at radius 2 is 0.778 bits per heavy atom. The molecule has 4 heteroatoms. The van der Waals surface area contributed by atoms with Crippen LogP contribution in [-0.4, -0.2) is 23.3 Å². The number of aromatic nitrogens is 1. The summed E-state index contributed by atoms with van der Waals surface area (Å²) in [5, 5.41) is 0. The predicted octanol–water partition coefficient (Wildman–Crippen LogP) is 9.72. The van der Waals surface area contributed by atoms with Gasteiger partial charge in [0.15, 0.2) is 0 Å². The van der Waals surface area contributed by atoms with Gasteiger partial charge in [-0.05, 0) is 90.8 Å². The van der Waals surface area contributed by atoms with Gasteiger partial charge in [-0.25, -0.2) is 4.98 Å². The van der Waals surface area contributed by atoms with Crippen LogP contribution in [0.5, 0.6) is 0 Å². The van der Waals surface area contributed by atoms with Crippen LogP contribution in [0, 0.1) is 0 Å². The van der Waals surface area contributed by atoms with E-state index in [0.717, 1.165) is 61.4 Å². The molecule has 0 amide bonds. The third kappa shape index (κ3) is 5.87. The molecular formula is C41H36BNO2. The summed E-state index contributed by atoms with van der Waals surface area (Å²) in [5.74, 6) is 0. The summed E-state index contributed by atoms with van der Waals surface area (Å²) in [6.45, 7) is 8.35. The van der Waals surface area contributed by atoms with Gasteiger partial charge in [0.2, 0.25) is 0 Å². The Bertz CT molecular complexity index is 1890. The second kappa shape index (κ2) is 11.6. The van der Waals surface area contributed by atoms with Gasteiger partial charge in [0.1, 0.15) is 0 Å². The van der Waals surface area contributed by atoms with Gasteiger partial charge in [-0.2, -0.15) is 0 Å². The molecule has 0 radical (unpaired) electrons. The minimum absolute atomic E-state index is 0.378. The van der Waals surface area contributed by atoms with Gasteiger partial charge < -0.3 is 9.31 Å². The lowest BCUT2D eigenvalue weighted by molar-refractivity contribution is 0.00578. The van der Waals surface area contributed by atoms with E-state index in [4.69, 9.17) is 14.3 Å². The van der Waals surface area contributed by atoms with Crippen molar-refractivity contribution in [2.24, 2.45) is 0 Å². The van der Waals surface area contributed by atoms with Crippen molar-refractivity contribution in [1.29, 1.82) is 0 Å². The number of hydrogen-bond donors (Lipinski definition) is 0. The van der Waals surface area contributed by atoms with Crippen molar-refractivity contribution in [2.45, 2.75) is 38.9 Å². The van der Waals surface area contributed by atoms with Crippen LogP contribution < -0.4 is 5.46 Å². The molecule has 1 aliphatic rings. The summed E-state index contributed by atoms with van der Waals surface area (Å²) in [7, 11) is -0.392. The highest BCUT2D eigenvalue weighted by Gasteiger charge is 2.51. The molecule has 1 aromatic heterocycles. The van der Waals surface area contributed by atoms with E-state index in [0.29, 0.717) is 0 Å². The molecule has 3 nitrogen and oxygen atoms in total. The van der Waals surface area contributed by atoms with Crippen molar-refractivity contribution in [3.63, 3.8) is 0 Å². The second-order valence-corrected chi connectivity index (χ2v) is 12.7. The molecule has 0 bridgehead atoms. The molecule has 0 spiro atoms. The standard InChI is InChI=1S/C41H36BNO2/c1-40(2)41(3,4)45-42(44-40)37-23-13-22-35(26-37)33-20-11-18-31(24-33)32-19-12-21-34(25-32)36-27-38(29-14-7-5-8-15-29)43-39(28-36)30-16-9-6-10-17-30/h5-28H,1-4H3. The van der Waals surface area contributed by atoms with Gasteiger partial charge in [0.25, 0.3) is 0 Å². The second-order valence-electron chi connectivity index (χ2n) is 12.7. The Hall–Kier alpha value is -4.77. The average Bonchev–Trinajstić information content (AvgIpc) is 3.31. The molecule has 2 heterocycles. The summed E-state index contributed by atoms with van der Waals surface area (Å²) in [5.41, 5.74) is 11.3. The van der Waals surface area contributed by atoms with E-state index in [-0.39, 0.29) is 11.2 Å². The molecule has 0 unspecified atom stereocenters. The van der Waals surface area contributed by atoms with E-state index in [1.54, 1.807) is 0 Å². The van der Waals surface area contributed by atoms with Crippen LogP contribution >= 0.6 is 0 Å². The highest BCUT2D eigenvalue weighted by molar-refractivity contribution is 6.62. The van der Waals surface area contributed by atoms with Crippen LogP contribution in [0.25, 0.3) is 55.9 Å². The minimum Gasteiger partial charge on any atom is -0.399 e. The molecule has 45 heavy (non-hydrogen) atoms. The van der Waals surface area contributed by atoms with Crippen LogP contribution in [0.4, 0.5) is 0 Å². The number of benzene rings is 5. The Balaban J connectivity index is 1.24. The number of hydrogen-bond acceptors (Lipinski definition) is 3. The quantitative estimate of drug-likeness (QED) is 0.182. The molecule has 7 rings (SSSR count). The van der Waals surface area contributed by atoms with Gasteiger partial charge in [-0.15, -0.1) is 0 Å². The summed E-state index contributed by atoms with van der Waals surface area (Å²) in [6, 6.07) is 51.2. The monoisotopic (exact) mass is 585 g/mol. The van der Waals surface area contributed by atoms with Crippen LogP contribution in [0.1, 0.15) is 27.7 Å². The van der Waals surface area contributed by atoms with Crippen molar-refractivity contribution < 1.29 is 9.31 Å². The molecule has 1 saturated heterocycles. The lowest BCUT2D eigenvalue weighted by Gasteiger charge is -2.32. The van der Waals surface area contributed by atoms with Gasteiger partial charge in [0.05, 0.1) is 22.6 Å². The molecule has 220 valence electrons. The van der Waals surface area contributed by atoms with E-state index in [1.165, 1.54) is 0 Å². The third-order valence-corrected chi connectivity index (χ3v) is 9.10. The van der Waals surface area contributed by atoms with Gasteiger partial charge >= 0.3 is 7.12 Å².